The standard InChI is InChI=1S/C20H22N6O2S/c1-14-4-5-17(28-2)15(12-14)23-20-24-16(13-29-20)18(27)25-8-10-26(11-9-25)19-21-6-3-7-22-19/h3-7,12-13H,8-11H2,1-2H3,(H,23,24). The fourth-order valence-electron chi connectivity index (χ4n) is 3.19. The molecule has 3 heterocycles. The largest absolute Gasteiger partial charge is 0.495 e. The average molecular weight is 411 g/mol. The van der Waals surface area contributed by atoms with E-state index in [2.05, 4.69) is 25.2 Å². The van der Waals surface area contributed by atoms with Gasteiger partial charge >= 0.3 is 0 Å². The highest BCUT2D eigenvalue weighted by molar-refractivity contribution is 7.14. The van der Waals surface area contributed by atoms with E-state index in [0.29, 0.717) is 43.0 Å². The van der Waals surface area contributed by atoms with Crippen LogP contribution in [0.4, 0.5) is 16.8 Å². The first kappa shape index (κ1) is 19.1. The van der Waals surface area contributed by atoms with E-state index in [1.165, 1.54) is 11.3 Å². The van der Waals surface area contributed by atoms with E-state index in [0.717, 1.165) is 17.0 Å². The monoisotopic (exact) mass is 410 g/mol. The van der Waals surface area contributed by atoms with Crippen molar-refractivity contribution in [2.24, 2.45) is 0 Å². The van der Waals surface area contributed by atoms with Gasteiger partial charge in [-0.1, -0.05) is 6.07 Å². The summed E-state index contributed by atoms with van der Waals surface area (Å²) in [7, 11) is 1.63. The molecule has 1 fully saturated rings. The molecule has 2 aromatic heterocycles. The molecule has 3 aromatic rings. The number of nitrogens with one attached hydrogen (secondary N) is 1. The van der Waals surface area contributed by atoms with Crippen LogP contribution in [0.5, 0.6) is 5.75 Å². The number of carbonyl (C=O) groups is 1. The predicted molar refractivity (Wildman–Crippen MR) is 113 cm³/mol. The van der Waals surface area contributed by atoms with E-state index in [9.17, 15) is 4.79 Å². The highest BCUT2D eigenvalue weighted by Crippen LogP contribution is 2.30. The van der Waals surface area contributed by atoms with E-state index in [1.54, 1.807) is 30.9 Å². The first-order chi connectivity index (χ1) is 14.1. The van der Waals surface area contributed by atoms with E-state index in [-0.39, 0.29) is 5.91 Å². The summed E-state index contributed by atoms with van der Waals surface area (Å²) in [5.41, 5.74) is 2.40. The van der Waals surface area contributed by atoms with Gasteiger partial charge in [-0.2, -0.15) is 0 Å². The summed E-state index contributed by atoms with van der Waals surface area (Å²) >= 11 is 1.40. The van der Waals surface area contributed by atoms with Crippen LogP contribution < -0.4 is 15.0 Å². The number of anilines is 3. The van der Waals surface area contributed by atoms with Gasteiger partial charge in [0.15, 0.2) is 5.13 Å². The van der Waals surface area contributed by atoms with Crippen LogP contribution in [0.2, 0.25) is 0 Å². The Labute approximate surface area is 173 Å². The Morgan fingerprint density at radius 1 is 1.17 bits per heavy atom. The van der Waals surface area contributed by atoms with Crippen LogP contribution >= 0.6 is 11.3 Å². The van der Waals surface area contributed by atoms with Gasteiger partial charge < -0.3 is 19.9 Å². The van der Waals surface area contributed by atoms with Crippen molar-refractivity contribution in [2.45, 2.75) is 6.92 Å². The Morgan fingerprint density at radius 2 is 1.93 bits per heavy atom. The van der Waals surface area contributed by atoms with Crippen molar-refractivity contribution in [3.63, 3.8) is 0 Å². The van der Waals surface area contributed by atoms with Crippen LogP contribution in [-0.2, 0) is 0 Å². The Morgan fingerprint density at radius 3 is 2.66 bits per heavy atom. The third kappa shape index (κ3) is 4.29. The van der Waals surface area contributed by atoms with Gasteiger partial charge in [-0.05, 0) is 30.7 Å². The quantitative estimate of drug-likeness (QED) is 0.692. The van der Waals surface area contributed by atoms with Crippen LogP contribution in [0.25, 0.3) is 0 Å². The van der Waals surface area contributed by atoms with Gasteiger partial charge in [0.2, 0.25) is 5.95 Å². The third-order valence-corrected chi connectivity index (χ3v) is 5.48. The molecule has 1 N–H and O–H groups in total. The number of aromatic nitrogens is 3. The Bertz CT molecular complexity index is 986. The summed E-state index contributed by atoms with van der Waals surface area (Å²) in [5.74, 6) is 1.38. The Hall–Kier alpha value is -3.20. The fourth-order valence-corrected chi connectivity index (χ4v) is 3.89. The summed E-state index contributed by atoms with van der Waals surface area (Å²) < 4.78 is 5.39. The topological polar surface area (TPSA) is 83.5 Å². The second-order valence-electron chi connectivity index (χ2n) is 6.69. The molecule has 29 heavy (non-hydrogen) atoms. The van der Waals surface area contributed by atoms with Gasteiger partial charge in [-0.25, -0.2) is 15.0 Å². The second kappa shape index (κ2) is 8.44. The van der Waals surface area contributed by atoms with Crippen LogP contribution in [0.1, 0.15) is 16.1 Å². The van der Waals surface area contributed by atoms with E-state index in [4.69, 9.17) is 4.74 Å². The number of benzene rings is 1. The summed E-state index contributed by atoms with van der Waals surface area (Å²) in [4.78, 5) is 29.8. The molecule has 0 atom stereocenters. The molecule has 0 spiro atoms. The van der Waals surface area contributed by atoms with Gasteiger partial charge in [0.25, 0.3) is 5.91 Å². The molecule has 1 aliphatic heterocycles. The minimum Gasteiger partial charge on any atom is -0.495 e. The number of ether oxygens (including phenoxy) is 1. The van der Waals surface area contributed by atoms with Crippen molar-refractivity contribution in [3.05, 3.63) is 53.3 Å². The maximum absolute atomic E-state index is 12.9. The van der Waals surface area contributed by atoms with Crippen molar-refractivity contribution in [2.75, 3.05) is 43.5 Å². The van der Waals surface area contributed by atoms with Crippen molar-refractivity contribution < 1.29 is 9.53 Å². The number of carbonyl (C=O) groups excluding carboxylic acids is 1. The summed E-state index contributed by atoms with van der Waals surface area (Å²) in [6.45, 7) is 4.64. The molecule has 4 rings (SSSR count). The molecule has 0 saturated carbocycles. The van der Waals surface area contributed by atoms with E-state index < -0.39 is 0 Å². The van der Waals surface area contributed by atoms with Gasteiger partial charge in [0.05, 0.1) is 12.8 Å². The Balaban J connectivity index is 1.40. The number of amides is 1. The maximum atomic E-state index is 12.9. The van der Waals surface area contributed by atoms with E-state index >= 15 is 0 Å². The van der Waals surface area contributed by atoms with Crippen molar-refractivity contribution in [1.82, 2.24) is 19.9 Å². The molecule has 1 amide bonds. The molecule has 1 saturated heterocycles. The highest BCUT2D eigenvalue weighted by Gasteiger charge is 2.25. The number of hydrogen-bond donors (Lipinski definition) is 1. The summed E-state index contributed by atoms with van der Waals surface area (Å²) in [6, 6.07) is 7.68. The number of piperazine rings is 1. The zero-order valence-electron chi connectivity index (χ0n) is 16.3. The molecule has 1 aliphatic rings. The minimum absolute atomic E-state index is 0.0564. The van der Waals surface area contributed by atoms with Crippen LogP contribution in [0, 0.1) is 6.92 Å². The summed E-state index contributed by atoms with van der Waals surface area (Å²) in [5, 5.41) is 5.71. The van der Waals surface area contributed by atoms with Crippen LogP contribution in [0.3, 0.4) is 0 Å². The zero-order valence-corrected chi connectivity index (χ0v) is 17.1. The third-order valence-electron chi connectivity index (χ3n) is 4.72. The molecular formula is C20H22N6O2S. The van der Waals surface area contributed by atoms with Crippen molar-refractivity contribution >= 4 is 34.0 Å². The predicted octanol–water partition coefficient (Wildman–Crippen LogP) is 2.96. The lowest BCUT2D eigenvalue weighted by Gasteiger charge is -2.34. The molecule has 9 heteroatoms. The normalized spacial score (nSPS) is 14.0. The maximum Gasteiger partial charge on any atom is 0.273 e. The highest BCUT2D eigenvalue weighted by atomic mass is 32.1. The first-order valence-electron chi connectivity index (χ1n) is 9.32. The molecule has 1 aromatic carbocycles. The number of aryl methyl sites for hydroxylation is 1. The minimum atomic E-state index is -0.0564. The number of rotatable bonds is 5. The van der Waals surface area contributed by atoms with Crippen LogP contribution in [-0.4, -0.2) is 59.0 Å². The lowest BCUT2D eigenvalue weighted by Crippen LogP contribution is -2.49. The second-order valence-corrected chi connectivity index (χ2v) is 7.55. The molecule has 0 radical (unpaired) electrons. The number of hydrogen-bond acceptors (Lipinski definition) is 8. The first-order valence-corrected chi connectivity index (χ1v) is 10.2. The SMILES string of the molecule is COc1ccc(C)cc1Nc1nc(C(=O)N2CCN(c3ncccn3)CC2)cs1. The molecule has 0 bridgehead atoms. The molecule has 150 valence electrons. The van der Waals surface area contributed by atoms with E-state index in [1.807, 2.05) is 30.0 Å². The molecular weight excluding hydrogens is 388 g/mol. The van der Waals surface area contributed by atoms with Crippen molar-refractivity contribution in [1.29, 1.82) is 0 Å². The fraction of sp³-hybridized carbons (Fsp3) is 0.300. The lowest BCUT2D eigenvalue weighted by molar-refractivity contribution is 0.0741. The summed E-state index contributed by atoms with van der Waals surface area (Å²) in [6.07, 6.45) is 3.46. The molecule has 0 aliphatic carbocycles. The smallest absolute Gasteiger partial charge is 0.273 e. The molecule has 8 nitrogen and oxygen atoms in total. The van der Waals surface area contributed by atoms with Crippen LogP contribution in [0.15, 0.2) is 42.0 Å². The number of methoxy groups -OCH3 is 1. The number of nitrogens with zero attached hydrogens (tertiary/aromatic N) is 5. The molecule has 0 unspecified atom stereocenters. The van der Waals surface area contributed by atoms with Gasteiger partial charge in [-0.15, -0.1) is 11.3 Å². The van der Waals surface area contributed by atoms with Crippen molar-refractivity contribution in [3.8, 4) is 5.75 Å². The van der Waals surface area contributed by atoms with Gasteiger partial charge in [0, 0.05) is 44.0 Å². The van der Waals surface area contributed by atoms with Gasteiger partial charge in [-0.3, -0.25) is 4.79 Å². The van der Waals surface area contributed by atoms with Gasteiger partial charge in [0.1, 0.15) is 11.4 Å². The number of thiazole rings is 1. The average Bonchev–Trinajstić information content (AvgIpc) is 3.23. The zero-order chi connectivity index (χ0) is 20.2. The lowest BCUT2D eigenvalue weighted by atomic mass is 10.2. The Kier molecular flexibility index (Phi) is 5.57.